The molecular weight excluding hydrogens is 260 g/mol. The van der Waals surface area contributed by atoms with Gasteiger partial charge in [0, 0.05) is 44.3 Å². The minimum atomic E-state index is 1.15. The maximum atomic E-state index is 4.11. The molecule has 2 heterocycles. The summed E-state index contributed by atoms with van der Waals surface area (Å²) < 4.78 is 2.06. The lowest BCUT2D eigenvalue weighted by atomic mass is 10.1. The Morgan fingerprint density at radius 1 is 1.14 bits per heavy atom. The van der Waals surface area contributed by atoms with Crippen LogP contribution in [0.1, 0.15) is 12.0 Å². The average Bonchev–Trinajstić information content (AvgIpc) is 3.04. The summed E-state index contributed by atoms with van der Waals surface area (Å²) in [6.07, 6.45) is 8.04. The third-order valence-corrected chi connectivity index (χ3v) is 4.25. The van der Waals surface area contributed by atoms with Gasteiger partial charge in [-0.25, -0.2) is 4.98 Å². The second kappa shape index (κ2) is 6.87. The zero-order valence-corrected chi connectivity index (χ0v) is 12.8. The topological polar surface area (TPSA) is 24.3 Å². The number of hydrogen-bond acceptors (Lipinski definition) is 3. The van der Waals surface area contributed by atoms with Gasteiger partial charge < -0.3 is 14.4 Å². The van der Waals surface area contributed by atoms with E-state index < -0.39 is 0 Å². The van der Waals surface area contributed by atoms with Crippen LogP contribution < -0.4 is 0 Å². The molecule has 1 fully saturated rings. The fourth-order valence-electron chi connectivity index (χ4n) is 2.86. The van der Waals surface area contributed by atoms with Crippen molar-refractivity contribution >= 4 is 0 Å². The van der Waals surface area contributed by atoms with Crippen LogP contribution in [0.2, 0.25) is 0 Å². The Balaban J connectivity index is 1.50. The average molecular weight is 284 g/mol. The normalized spacial score (nSPS) is 17.2. The van der Waals surface area contributed by atoms with Gasteiger partial charge in [-0.15, -0.1) is 0 Å². The van der Waals surface area contributed by atoms with Crippen molar-refractivity contribution in [2.75, 3.05) is 39.8 Å². The van der Waals surface area contributed by atoms with Crippen LogP contribution in [0.25, 0.3) is 5.69 Å². The summed E-state index contributed by atoms with van der Waals surface area (Å²) >= 11 is 0. The molecule has 21 heavy (non-hydrogen) atoms. The molecule has 2 aromatic rings. The first kappa shape index (κ1) is 14.3. The van der Waals surface area contributed by atoms with E-state index in [0.29, 0.717) is 0 Å². The summed E-state index contributed by atoms with van der Waals surface area (Å²) in [5.74, 6) is 0. The van der Waals surface area contributed by atoms with Gasteiger partial charge in [-0.1, -0.05) is 12.1 Å². The Kier molecular flexibility index (Phi) is 4.68. The van der Waals surface area contributed by atoms with Crippen molar-refractivity contribution in [3.05, 3.63) is 48.5 Å². The molecule has 0 bridgehead atoms. The maximum absolute atomic E-state index is 4.11. The maximum Gasteiger partial charge on any atom is 0.0991 e. The highest BCUT2D eigenvalue weighted by Gasteiger charge is 2.12. The van der Waals surface area contributed by atoms with Crippen molar-refractivity contribution in [2.24, 2.45) is 0 Å². The lowest BCUT2D eigenvalue weighted by Gasteiger charge is -2.32. The Hall–Kier alpha value is -1.65. The molecule has 0 atom stereocenters. The van der Waals surface area contributed by atoms with Crippen LogP contribution in [0.4, 0.5) is 0 Å². The minimum Gasteiger partial charge on any atom is -0.306 e. The molecule has 112 valence electrons. The predicted molar refractivity (Wildman–Crippen MR) is 85.8 cm³/mol. The molecule has 1 aromatic heterocycles. The van der Waals surface area contributed by atoms with E-state index in [4.69, 9.17) is 0 Å². The molecule has 1 aliphatic heterocycles. The first-order valence-corrected chi connectivity index (χ1v) is 7.79. The van der Waals surface area contributed by atoms with Gasteiger partial charge in [-0.05, 0) is 44.1 Å². The Labute approximate surface area is 127 Å². The second-order valence-corrected chi connectivity index (χ2v) is 5.89. The van der Waals surface area contributed by atoms with E-state index in [1.54, 1.807) is 0 Å². The van der Waals surface area contributed by atoms with Gasteiger partial charge in [0.2, 0.25) is 0 Å². The highest BCUT2D eigenvalue weighted by atomic mass is 15.2. The summed E-state index contributed by atoms with van der Waals surface area (Å²) in [6, 6.07) is 8.77. The Morgan fingerprint density at radius 3 is 2.76 bits per heavy atom. The van der Waals surface area contributed by atoms with Crippen LogP contribution in [0.5, 0.6) is 0 Å². The highest BCUT2D eigenvalue weighted by Crippen LogP contribution is 2.12. The molecule has 1 saturated heterocycles. The molecule has 1 aromatic carbocycles. The molecule has 0 spiro atoms. The van der Waals surface area contributed by atoms with Gasteiger partial charge in [0.25, 0.3) is 0 Å². The molecule has 0 unspecified atom stereocenters. The number of likely N-dealkylation sites (N-methyl/N-ethyl adjacent to an activating group) is 1. The molecule has 3 rings (SSSR count). The lowest BCUT2D eigenvalue weighted by Crippen LogP contribution is -2.44. The number of imidazole rings is 1. The van der Waals surface area contributed by atoms with Crippen molar-refractivity contribution < 1.29 is 0 Å². The smallest absolute Gasteiger partial charge is 0.0991 e. The number of rotatable bonds is 5. The number of hydrogen-bond donors (Lipinski definition) is 0. The standard InChI is InChI=1S/C17H24N4/c1-19-10-12-20(13-11-19)8-3-5-16-4-2-6-17(14-16)21-9-7-18-15-21/h2,4,6-7,9,14-15H,3,5,8,10-13H2,1H3. The summed E-state index contributed by atoms with van der Waals surface area (Å²) in [5.41, 5.74) is 2.61. The molecule has 1 aliphatic rings. The van der Waals surface area contributed by atoms with Crippen molar-refractivity contribution in [3.8, 4) is 5.69 Å². The van der Waals surface area contributed by atoms with Crippen molar-refractivity contribution in [3.63, 3.8) is 0 Å². The Morgan fingerprint density at radius 2 is 2.00 bits per heavy atom. The van der Waals surface area contributed by atoms with Crippen LogP contribution in [-0.2, 0) is 6.42 Å². The first-order valence-electron chi connectivity index (χ1n) is 7.79. The van der Waals surface area contributed by atoms with Crippen LogP contribution in [-0.4, -0.2) is 59.1 Å². The quantitative estimate of drug-likeness (QED) is 0.840. The van der Waals surface area contributed by atoms with Crippen LogP contribution in [0.15, 0.2) is 43.0 Å². The van der Waals surface area contributed by atoms with Crippen LogP contribution >= 0.6 is 0 Å². The zero-order valence-electron chi connectivity index (χ0n) is 12.8. The van der Waals surface area contributed by atoms with E-state index in [1.165, 1.54) is 50.4 Å². The lowest BCUT2D eigenvalue weighted by molar-refractivity contribution is 0.153. The molecule has 4 nitrogen and oxygen atoms in total. The van der Waals surface area contributed by atoms with Gasteiger partial charge in [-0.3, -0.25) is 0 Å². The fourth-order valence-corrected chi connectivity index (χ4v) is 2.86. The van der Waals surface area contributed by atoms with Gasteiger partial charge in [0.15, 0.2) is 0 Å². The number of aromatic nitrogens is 2. The van der Waals surface area contributed by atoms with Crippen molar-refractivity contribution in [2.45, 2.75) is 12.8 Å². The third kappa shape index (κ3) is 3.93. The van der Waals surface area contributed by atoms with E-state index in [9.17, 15) is 0 Å². The van der Waals surface area contributed by atoms with Crippen LogP contribution in [0.3, 0.4) is 0 Å². The molecule has 0 aliphatic carbocycles. The summed E-state index contributed by atoms with van der Waals surface area (Å²) in [6.45, 7) is 6.05. The van der Waals surface area contributed by atoms with E-state index in [1.807, 2.05) is 18.7 Å². The van der Waals surface area contributed by atoms with Gasteiger partial charge in [0.1, 0.15) is 0 Å². The molecule has 0 amide bonds. The number of benzene rings is 1. The summed E-state index contributed by atoms with van der Waals surface area (Å²) in [5, 5.41) is 0. The molecular formula is C17H24N4. The molecule has 0 radical (unpaired) electrons. The minimum absolute atomic E-state index is 1.15. The zero-order chi connectivity index (χ0) is 14.5. The number of aryl methyl sites for hydroxylation is 1. The summed E-state index contributed by atoms with van der Waals surface area (Å²) in [4.78, 5) is 9.10. The van der Waals surface area contributed by atoms with Crippen LogP contribution in [0, 0.1) is 0 Å². The monoisotopic (exact) mass is 284 g/mol. The highest BCUT2D eigenvalue weighted by molar-refractivity contribution is 5.35. The third-order valence-electron chi connectivity index (χ3n) is 4.25. The second-order valence-electron chi connectivity index (χ2n) is 5.89. The number of piperazine rings is 1. The molecule has 4 heteroatoms. The summed E-state index contributed by atoms with van der Waals surface area (Å²) in [7, 11) is 2.21. The van der Waals surface area contributed by atoms with Crippen molar-refractivity contribution in [1.29, 1.82) is 0 Å². The fraction of sp³-hybridized carbons (Fsp3) is 0.471. The van der Waals surface area contributed by atoms with E-state index in [2.05, 4.69) is 50.7 Å². The van der Waals surface area contributed by atoms with Gasteiger partial charge in [0.05, 0.1) is 6.33 Å². The van der Waals surface area contributed by atoms with E-state index in [-0.39, 0.29) is 0 Å². The number of nitrogens with zero attached hydrogens (tertiary/aromatic N) is 4. The largest absolute Gasteiger partial charge is 0.306 e. The SMILES string of the molecule is CN1CCN(CCCc2cccc(-n3ccnc3)c2)CC1. The predicted octanol–water partition coefficient (Wildman–Crippen LogP) is 2.05. The van der Waals surface area contributed by atoms with E-state index in [0.717, 1.165) is 6.42 Å². The first-order chi connectivity index (χ1) is 10.3. The Bertz CT molecular complexity index is 542. The molecule has 0 N–H and O–H groups in total. The van der Waals surface area contributed by atoms with E-state index >= 15 is 0 Å². The van der Waals surface area contributed by atoms with Gasteiger partial charge in [-0.2, -0.15) is 0 Å². The van der Waals surface area contributed by atoms with Crippen molar-refractivity contribution in [1.82, 2.24) is 19.4 Å². The van der Waals surface area contributed by atoms with Gasteiger partial charge >= 0.3 is 0 Å². The molecule has 0 saturated carbocycles.